The van der Waals surface area contributed by atoms with Gasteiger partial charge in [0.1, 0.15) is 0 Å². The van der Waals surface area contributed by atoms with Gasteiger partial charge < -0.3 is 15.4 Å². The van der Waals surface area contributed by atoms with Gasteiger partial charge in [0.25, 0.3) is 5.91 Å². The number of anilines is 1. The molecule has 4 nitrogen and oxygen atoms in total. The SMILES string of the molecule is CC(C)Nc1ccccc1C(=O)NCC1CCOCC1. The van der Waals surface area contributed by atoms with Crippen LogP contribution in [0.4, 0.5) is 5.69 Å². The van der Waals surface area contributed by atoms with Crippen molar-refractivity contribution in [3.63, 3.8) is 0 Å². The van der Waals surface area contributed by atoms with Gasteiger partial charge in [0.05, 0.1) is 5.56 Å². The lowest BCUT2D eigenvalue weighted by atomic mass is 10.0. The summed E-state index contributed by atoms with van der Waals surface area (Å²) in [7, 11) is 0. The Morgan fingerprint density at radius 2 is 2.00 bits per heavy atom. The number of hydrogen-bond acceptors (Lipinski definition) is 3. The summed E-state index contributed by atoms with van der Waals surface area (Å²) in [6.45, 7) is 6.49. The number of carbonyl (C=O) groups is 1. The largest absolute Gasteiger partial charge is 0.382 e. The Kier molecular flexibility index (Phi) is 5.41. The second-order valence-electron chi connectivity index (χ2n) is 5.61. The molecule has 0 saturated carbocycles. The number of ether oxygens (including phenoxy) is 1. The van der Waals surface area contributed by atoms with Gasteiger partial charge >= 0.3 is 0 Å². The van der Waals surface area contributed by atoms with Crippen LogP contribution in [0.3, 0.4) is 0 Å². The first-order valence-electron chi connectivity index (χ1n) is 7.38. The second-order valence-corrected chi connectivity index (χ2v) is 5.61. The fourth-order valence-electron chi connectivity index (χ4n) is 2.40. The molecule has 0 atom stereocenters. The zero-order valence-electron chi connectivity index (χ0n) is 12.3. The van der Waals surface area contributed by atoms with Crippen LogP contribution in [0.25, 0.3) is 0 Å². The Labute approximate surface area is 120 Å². The zero-order valence-corrected chi connectivity index (χ0v) is 12.3. The fraction of sp³-hybridized carbons (Fsp3) is 0.562. The van der Waals surface area contributed by atoms with E-state index in [2.05, 4.69) is 24.5 Å². The minimum absolute atomic E-state index is 0.000224. The third-order valence-corrected chi connectivity index (χ3v) is 3.51. The molecule has 0 radical (unpaired) electrons. The first-order valence-corrected chi connectivity index (χ1v) is 7.38. The number of carbonyl (C=O) groups excluding carboxylic acids is 1. The highest BCUT2D eigenvalue weighted by atomic mass is 16.5. The van der Waals surface area contributed by atoms with E-state index in [0.29, 0.717) is 17.5 Å². The molecule has 0 bridgehead atoms. The monoisotopic (exact) mass is 276 g/mol. The highest BCUT2D eigenvalue weighted by Gasteiger charge is 2.16. The summed E-state index contributed by atoms with van der Waals surface area (Å²) in [6, 6.07) is 7.96. The standard InChI is InChI=1S/C16H24N2O2/c1-12(2)18-15-6-4-3-5-14(15)16(19)17-11-13-7-9-20-10-8-13/h3-6,12-13,18H,7-11H2,1-2H3,(H,17,19). The van der Waals surface area contributed by atoms with Crippen LogP contribution in [0.2, 0.25) is 0 Å². The van der Waals surface area contributed by atoms with E-state index >= 15 is 0 Å². The highest BCUT2D eigenvalue weighted by Crippen LogP contribution is 2.17. The van der Waals surface area contributed by atoms with Gasteiger partial charge in [0.2, 0.25) is 0 Å². The van der Waals surface area contributed by atoms with E-state index < -0.39 is 0 Å². The second kappa shape index (κ2) is 7.29. The fourth-order valence-corrected chi connectivity index (χ4v) is 2.40. The van der Waals surface area contributed by atoms with Gasteiger partial charge in [-0.25, -0.2) is 0 Å². The molecule has 0 unspecified atom stereocenters. The molecule has 2 N–H and O–H groups in total. The molecule has 1 aliphatic rings. The Bertz CT molecular complexity index is 440. The van der Waals surface area contributed by atoms with Gasteiger partial charge in [0, 0.05) is 31.5 Å². The minimum atomic E-state index is 0.000224. The molecular formula is C16H24N2O2. The van der Waals surface area contributed by atoms with Crippen molar-refractivity contribution in [2.75, 3.05) is 25.1 Å². The molecule has 0 aromatic heterocycles. The molecule has 1 amide bonds. The lowest BCUT2D eigenvalue weighted by molar-refractivity contribution is 0.0643. The molecule has 1 aromatic carbocycles. The average Bonchev–Trinajstić information content (AvgIpc) is 2.46. The lowest BCUT2D eigenvalue weighted by Gasteiger charge is -2.22. The van der Waals surface area contributed by atoms with Crippen LogP contribution < -0.4 is 10.6 Å². The summed E-state index contributed by atoms with van der Waals surface area (Å²) in [5.74, 6) is 0.540. The van der Waals surface area contributed by atoms with Gasteiger partial charge in [0.15, 0.2) is 0 Å². The quantitative estimate of drug-likeness (QED) is 0.869. The van der Waals surface area contributed by atoms with E-state index in [1.807, 2.05) is 24.3 Å². The smallest absolute Gasteiger partial charge is 0.253 e. The van der Waals surface area contributed by atoms with Crippen LogP contribution in [-0.4, -0.2) is 31.7 Å². The first-order chi connectivity index (χ1) is 9.66. The Morgan fingerprint density at radius 1 is 1.30 bits per heavy atom. The molecule has 110 valence electrons. The number of benzene rings is 1. The first kappa shape index (κ1) is 14.9. The van der Waals surface area contributed by atoms with Gasteiger partial charge in [-0.05, 0) is 44.7 Å². The van der Waals surface area contributed by atoms with E-state index in [-0.39, 0.29) is 5.91 Å². The number of amides is 1. The van der Waals surface area contributed by atoms with E-state index in [1.54, 1.807) is 0 Å². The van der Waals surface area contributed by atoms with E-state index in [0.717, 1.165) is 38.3 Å². The van der Waals surface area contributed by atoms with Crippen molar-refractivity contribution in [3.05, 3.63) is 29.8 Å². The Morgan fingerprint density at radius 3 is 2.70 bits per heavy atom. The Balaban J connectivity index is 1.94. The van der Waals surface area contributed by atoms with Crippen LogP contribution in [-0.2, 0) is 4.74 Å². The zero-order chi connectivity index (χ0) is 14.4. The molecule has 20 heavy (non-hydrogen) atoms. The maximum Gasteiger partial charge on any atom is 0.253 e. The topological polar surface area (TPSA) is 50.4 Å². The lowest BCUT2D eigenvalue weighted by Crippen LogP contribution is -2.32. The number of hydrogen-bond donors (Lipinski definition) is 2. The predicted octanol–water partition coefficient (Wildman–Crippen LogP) is 2.66. The maximum atomic E-state index is 12.3. The van der Waals surface area contributed by atoms with Crippen LogP contribution in [0.15, 0.2) is 24.3 Å². The van der Waals surface area contributed by atoms with Crippen molar-refractivity contribution in [3.8, 4) is 0 Å². The molecule has 1 heterocycles. The van der Waals surface area contributed by atoms with E-state index in [9.17, 15) is 4.79 Å². The van der Waals surface area contributed by atoms with E-state index in [4.69, 9.17) is 4.74 Å². The van der Waals surface area contributed by atoms with Gasteiger partial charge in [-0.1, -0.05) is 12.1 Å². The third-order valence-electron chi connectivity index (χ3n) is 3.51. The normalized spacial score (nSPS) is 16.1. The molecule has 1 aromatic rings. The minimum Gasteiger partial charge on any atom is -0.382 e. The highest BCUT2D eigenvalue weighted by molar-refractivity contribution is 5.99. The van der Waals surface area contributed by atoms with Crippen molar-refractivity contribution in [2.45, 2.75) is 32.7 Å². The molecule has 0 aliphatic carbocycles. The van der Waals surface area contributed by atoms with Gasteiger partial charge in [-0.3, -0.25) is 4.79 Å². The third kappa shape index (κ3) is 4.23. The van der Waals surface area contributed by atoms with Crippen molar-refractivity contribution in [1.82, 2.24) is 5.32 Å². The summed E-state index contributed by atoms with van der Waals surface area (Å²) >= 11 is 0. The molecular weight excluding hydrogens is 252 g/mol. The Hall–Kier alpha value is -1.55. The van der Waals surface area contributed by atoms with Crippen LogP contribution in [0, 0.1) is 5.92 Å². The summed E-state index contributed by atoms with van der Waals surface area (Å²) in [5, 5.41) is 6.36. The summed E-state index contributed by atoms with van der Waals surface area (Å²) < 4.78 is 5.33. The van der Waals surface area contributed by atoms with Crippen molar-refractivity contribution in [1.29, 1.82) is 0 Å². The van der Waals surface area contributed by atoms with Crippen LogP contribution in [0.1, 0.15) is 37.0 Å². The van der Waals surface area contributed by atoms with Crippen molar-refractivity contribution >= 4 is 11.6 Å². The molecule has 1 aliphatic heterocycles. The number of para-hydroxylation sites is 1. The maximum absolute atomic E-state index is 12.3. The molecule has 0 spiro atoms. The molecule has 1 saturated heterocycles. The molecule has 2 rings (SSSR count). The van der Waals surface area contributed by atoms with Crippen molar-refractivity contribution in [2.24, 2.45) is 5.92 Å². The molecule has 4 heteroatoms. The van der Waals surface area contributed by atoms with Crippen molar-refractivity contribution < 1.29 is 9.53 Å². The summed E-state index contributed by atoms with van der Waals surface area (Å²) in [6.07, 6.45) is 2.07. The van der Waals surface area contributed by atoms with Crippen LogP contribution in [0.5, 0.6) is 0 Å². The van der Waals surface area contributed by atoms with Gasteiger partial charge in [-0.15, -0.1) is 0 Å². The van der Waals surface area contributed by atoms with E-state index in [1.165, 1.54) is 0 Å². The summed E-state index contributed by atoms with van der Waals surface area (Å²) in [4.78, 5) is 12.3. The van der Waals surface area contributed by atoms with Crippen LogP contribution >= 0.6 is 0 Å². The average molecular weight is 276 g/mol. The molecule has 1 fully saturated rings. The predicted molar refractivity (Wildman–Crippen MR) is 81.1 cm³/mol. The number of rotatable bonds is 5. The van der Waals surface area contributed by atoms with Gasteiger partial charge in [-0.2, -0.15) is 0 Å². The number of nitrogens with one attached hydrogen (secondary N) is 2. The summed E-state index contributed by atoms with van der Waals surface area (Å²) in [5.41, 5.74) is 1.61.